The van der Waals surface area contributed by atoms with Gasteiger partial charge in [0.1, 0.15) is 5.78 Å². The highest BCUT2D eigenvalue weighted by Gasteiger charge is 2.64. The third-order valence-corrected chi connectivity index (χ3v) is 10.5. The lowest BCUT2D eigenvalue weighted by molar-refractivity contribution is -0.163. The molecular weight excluding hydrogens is 372 g/mol. The van der Waals surface area contributed by atoms with Crippen LogP contribution in [0.5, 0.6) is 0 Å². The Morgan fingerprint density at radius 2 is 1.87 bits per heavy atom. The number of fused-ring (bicyclic) bond motifs is 5. The van der Waals surface area contributed by atoms with Crippen LogP contribution in [0.2, 0.25) is 0 Å². The molecule has 3 fully saturated rings. The first-order valence-corrected chi connectivity index (χ1v) is 12.5. The molecular formula is C27H42O3. The number of hydrogen-bond donors (Lipinski definition) is 0. The Morgan fingerprint density at radius 3 is 2.57 bits per heavy atom. The van der Waals surface area contributed by atoms with Crippen molar-refractivity contribution in [3.8, 4) is 0 Å². The Bertz CT molecular complexity index is 711. The Kier molecular flexibility index (Phi) is 5.96. The van der Waals surface area contributed by atoms with Gasteiger partial charge in [0.05, 0.1) is 7.11 Å². The molecule has 4 aliphatic rings. The minimum atomic E-state index is -0.0946. The van der Waals surface area contributed by atoms with Crippen molar-refractivity contribution in [2.45, 2.75) is 85.5 Å². The van der Waals surface area contributed by atoms with E-state index in [1.807, 2.05) is 0 Å². The SMILES string of the molecule is CC[C@H]1C(=O)[C@@H]2[C@H](CC[C@]3(C)[C@@H](C(C)CCC(=O)OC)CC[C@@H]23)[C@@]2(C)CC=CC[C@@H]12. The Balaban J connectivity index is 1.60. The molecule has 3 saturated carbocycles. The number of hydrogen-bond acceptors (Lipinski definition) is 3. The molecule has 0 aliphatic heterocycles. The molecule has 4 rings (SSSR count). The van der Waals surface area contributed by atoms with Crippen molar-refractivity contribution in [2.75, 3.05) is 7.11 Å². The maximum absolute atomic E-state index is 13.9. The van der Waals surface area contributed by atoms with E-state index in [2.05, 4.69) is 39.8 Å². The van der Waals surface area contributed by atoms with Gasteiger partial charge in [-0.3, -0.25) is 9.59 Å². The first-order valence-electron chi connectivity index (χ1n) is 12.5. The van der Waals surface area contributed by atoms with Gasteiger partial charge >= 0.3 is 5.97 Å². The van der Waals surface area contributed by atoms with Crippen LogP contribution in [0.4, 0.5) is 0 Å². The van der Waals surface area contributed by atoms with Gasteiger partial charge in [-0.15, -0.1) is 0 Å². The predicted molar refractivity (Wildman–Crippen MR) is 120 cm³/mol. The topological polar surface area (TPSA) is 43.4 Å². The first-order chi connectivity index (χ1) is 14.3. The minimum Gasteiger partial charge on any atom is -0.469 e. The molecule has 0 aromatic heterocycles. The summed E-state index contributed by atoms with van der Waals surface area (Å²) in [5, 5.41) is 0. The summed E-state index contributed by atoms with van der Waals surface area (Å²) in [6.45, 7) is 9.57. The van der Waals surface area contributed by atoms with E-state index in [1.165, 1.54) is 32.8 Å². The molecule has 30 heavy (non-hydrogen) atoms. The Morgan fingerprint density at radius 1 is 1.13 bits per heavy atom. The van der Waals surface area contributed by atoms with E-state index in [0.29, 0.717) is 47.2 Å². The average molecular weight is 415 g/mol. The largest absolute Gasteiger partial charge is 0.469 e. The fourth-order valence-corrected chi connectivity index (χ4v) is 8.88. The van der Waals surface area contributed by atoms with Crippen LogP contribution in [0.15, 0.2) is 12.2 Å². The van der Waals surface area contributed by atoms with E-state index in [9.17, 15) is 9.59 Å². The van der Waals surface area contributed by atoms with Crippen molar-refractivity contribution in [1.29, 1.82) is 0 Å². The number of ketones is 1. The third-order valence-electron chi connectivity index (χ3n) is 10.5. The van der Waals surface area contributed by atoms with Crippen molar-refractivity contribution in [1.82, 2.24) is 0 Å². The summed E-state index contributed by atoms with van der Waals surface area (Å²) in [5.41, 5.74) is 0.544. The molecule has 0 aromatic rings. The van der Waals surface area contributed by atoms with Crippen molar-refractivity contribution >= 4 is 11.8 Å². The molecule has 0 heterocycles. The molecule has 0 spiro atoms. The monoisotopic (exact) mass is 414 g/mol. The zero-order valence-corrected chi connectivity index (χ0v) is 19.8. The van der Waals surface area contributed by atoms with Crippen LogP contribution in [-0.4, -0.2) is 18.9 Å². The summed E-state index contributed by atoms with van der Waals surface area (Å²) in [4.78, 5) is 25.6. The number of ether oxygens (including phenoxy) is 1. The van der Waals surface area contributed by atoms with Gasteiger partial charge in [0.15, 0.2) is 0 Å². The smallest absolute Gasteiger partial charge is 0.305 e. The molecule has 0 N–H and O–H groups in total. The summed E-state index contributed by atoms with van der Waals surface area (Å²) in [6.07, 6.45) is 14.3. The van der Waals surface area contributed by atoms with Crippen LogP contribution in [0.1, 0.15) is 85.5 Å². The standard InChI is InChI=1S/C27H42O3/c1-6-18-20-9-7-8-15-26(20,3)22-14-16-27(4)19(17(2)10-13-23(28)30-5)11-12-21(27)24(22)25(18)29/h7-8,17-22,24H,6,9-16H2,1-5H3/t17?,18-,19-,20+,21+,22+,24+,26+,27-/m1/s1. The number of carbonyl (C=O) groups excluding carboxylic acids is 2. The second-order valence-corrected chi connectivity index (χ2v) is 11.5. The third kappa shape index (κ3) is 3.21. The molecule has 0 bridgehead atoms. The van der Waals surface area contributed by atoms with Gasteiger partial charge in [-0.2, -0.15) is 0 Å². The van der Waals surface area contributed by atoms with Crippen LogP contribution >= 0.6 is 0 Å². The van der Waals surface area contributed by atoms with Crippen molar-refractivity contribution in [3.63, 3.8) is 0 Å². The van der Waals surface area contributed by atoms with Crippen molar-refractivity contribution < 1.29 is 14.3 Å². The van der Waals surface area contributed by atoms with Crippen LogP contribution in [-0.2, 0) is 14.3 Å². The van der Waals surface area contributed by atoms with E-state index in [-0.39, 0.29) is 23.2 Å². The van der Waals surface area contributed by atoms with Gasteiger partial charge in [0, 0.05) is 18.3 Å². The lowest BCUT2D eigenvalue weighted by Crippen LogP contribution is -2.59. The van der Waals surface area contributed by atoms with Crippen LogP contribution < -0.4 is 0 Å². The number of methoxy groups -OCH3 is 1. The van der Waals surface area contributed by atoms with Gasteiger partial charge < -0.3 is 4.74 Å². The summed E-state index contributed by atoms with van der Waals surface area (Å²) >= 11 is 0. The quantitative estimate of drug-likeness (QED) is 0.396. The normalized spacial score (nSPS) is 46.0. The molecule has 0 saturated heterocycles. The highest BCUT2D eigenvalue weighted by atomic mass is 16.5. The lowest BCUT2D eigenvalue weighted by atomic mass is 9.42. The summed E-state index contributed by atoms with van der Waals surface area (Å²) in [7, 11) is 1.48. The first kappa shape index (κ1) is 22.1. The molecule has 168 valence electrons. The second-order valence-electron chi connectivity index (χ2n) is 11.5. The lowest BCUT2D eigenvalue weighted by Gasteiger charge is -2.61. The van der Waals surface area contributed by atoms with E-state index in [0.717, 1.165) is 25.7 Å². The Hall–Kier alpha value is -1.12. The van der Waals surface area contributed by atoms with Gasteiger partial charge in [-0.25, -0.2) is 0 Å². The van der Waals surface area contributed by atoms with Crippen molar-refractivity contribution in [2.24, 2.45) is 52.3 Å². The van der Waals surface area contributed by atoms with E-state index < -0.39 is 0 Å². The molecule has 4 aliphatic carbocycles. The number of allylic oxidation sites excluding steroid dienone is 2. The number of Topliss-reactive ketones (excluding diaryl/α,β-unsaturated/α-hetero) is 1. The van der Waals surface area contributed by atoms with Crippen LogP contribution in [0.3, 0.4) is 0 Å². The molecule has 0 amide bonds. The summed E-state index contributed by atoms with van der Waals surface area (Å²) < 4.78 is 4.88. The van der Waals surface area contributed by atoms with E-state index >= 15 is 0 Å². The zero-order chi connectivity index (χ0) is 21.7. The molecule has 3 heteroatoms. The fraction of sp³-hybridized carbons (Fsp3) is 0.852. The van der Waals surface area contributed by atoms with Gasteiger partial charge in [-0.05, 0) is 91.8 Å². The Labute approximate surface area is 183 Å². The highest BCUT2D eigenvalue weighted by Crippen LogP contribution is 2.68. The maximum Gasteiger partial charge on any atom is 0.305 e. The molecule has 0 aromatic carbocycles. The number of carbonyl (C=O) groups is 2. The van der Waals surface area contributed by atoms with E-state index in [1.54, 1.807) is 0 Å². The molecule has 3 nitrogen and oxygen atoms in total. The van der Waals surface area contributed by atoms with Crippen molar-refractivity contribution in [3.05, 3.63) is 12.2 Å². The van der Waals surface area contributed by atoms with Crippen LogP contribution in [0.25, 0.3) is 0 Å². The van der Waals surface area contributed by atoms with Gasteiger partial charge in [0.25, 0.3) is 0 Å². The minimum absolute atomic E-state index is 0.0946. The fourth-order valence-electron chi connectivity index (χ4n) is 8.88. The van der Waals surface area contributed by atoms with Crippen LogP contribution in [0, 0.1) is 52.3 Å². The molecule has 1 unspecified atom stereocenters. The maximum atomic E-state index is 13.9. The predicted octanol–water partition coefficient (Wildman–Crippen LogP) is 6.22. The van der Waals surface area contributed by atoms with Gasteiger partial charge in [-0.1, -0.05) is 39.8 Å². The summed E-state index contributed by atoms with van der Waals surface area (Å²) in [5.74, 6) is 3.80. The van der Waals surface area contributed by atoms with Gasteiger partial charge in [0.2, 0.25) is 0 Å². The molecule has 9 atom stereocenters. The molecule has 0 radical (unpaired) electrons. The summed E-state index contributed by atoms with van der Waals surface area (Å²) in [6, 6.07) is 0. The number of rotatable bonds is 5. The average Bonchev–Trinajstić information content (AvgIpc) is 3.09. The second kappa shape index (κ2) is 8.10. The van der Waals surface area contributed by atoms with E-state index in [4.69, 9.17) is 4.74 Å². The highest BCUT2D eigenvalue weighted by molar-refractivity contribution is 5.86. The number of esters is 1. The zero-order valence-electron chi connectivity index (χ0n) is 19.8.